The van der Waals surface area contributed by atoms with Crippen LogP contribution in [0.15, 0.2) is 50.6 Å². The fourth-order valence-electron chi connectivity index (χ4n) is 3.33. The number of nitrogens with one attached hydrogen (secondary N) is 1. The highest BCUT2D eigenvalue weighted by molar-refractivity contribution is 6.35. The van der Waals surface area contributed by atoms with Gasteiger partial charge in [-0.15, -0.1) is 0 Å². The van der Waals surface area contributed by atoms with Crippen LogP contribution in [0.4, 0.5) is 11.5 Å². The Balaban J connectivity index is 1.96. The molecule has 0 radical (unpaired) electrons. The average molecular weight is 479 g/mol. The van der Waals surface area contributed by atoms with Gasteiger partial charge >= 0.3 is 5.69 Å². The van der Waals surface area contributed by atoms with Crippen LogP contribution in [0.5, 0.6) is 0 Å². The van der Waals surface area contributed by atoms with E-state index >= 15 is 0 Å². The number of nitrogens with zero attached hydrogens (tertiary/aromatic N) is 2. The molecule has 0 spiro atoms. The van der Waals surface area contributed by atoms with E-state index in [0.29, 0.717) is 35.2 Å². The minimum absolute atomic E-state index is 0.0144. The largest absolute Gasteiger partial charge is 0.467 e. The van der Waals surface area contributed by atoms with Crippen LogP contribution in [0.1, 0.15) is 37.5 Å². The zero-order valence-corrected chi connectivity index (χ0v) is 19.1. The molecule has 1 amide bonds. The molecule has 0 aliphatic carbocycles. The summed E-state index contributed by atoms with van der Waals surface area (Å²) in [6.07, 6.45) is 3.38. The number of aromatic amines is 1. The highest BCUT2D eigenvalue weighted by Gasteiger charge is 2.25. The topological polar surface area (TPSA) is 114 Å². The van der Waals surface area contributed by atoms with Crippen LogP contribution < -0.4 is 21.9 Å². The van der Waals surface area contributed by atoms with E-state index < -0.39 is 11.2 Å². The first kappa shape index (κ1) is 23.7. The highest BCUT2D eigenvalue weighted by atomic mass is 35.5. The molecular weight excluding hydrogens is 455 g/mol. The number of nitrogens with two attached hydrogens (primary N) is 1. The molecule has 32 heavy (non-hydrogen) atoms. The Morgan fingerprint density at radius 3 is 2.69 bits per heavy atom. The average Bonchev–Trinajstić information content (AvgIpc) is 3.25. The maximum Gasteiger partial charge on any atom is 0.330 e. The number of H-pyrrole nitrogens is 1. The van der Waals surface area contributed by atoms with Crippen LogP contribution in [0.25, 0.3) is 0 Å². The molecule has 0 unspecified atom stereocenters. The molecule has 0 fully saturated rings. The number of hydrogen-bond donors (Lipinski definition) is 2. The summed E-state index contributed by atoms with van der Waals surface area (Å²) in [6, 6.07) is 8.42. The molecule has 1 aromatic carbocycles. The molecule has 0 aliphatic rings. The summed E-state index contributed by atoms with van der Waals surface area (Å²) in [5.41, 5.74) is 5.55. The van der Waals surface area contributed by atoms with Crippen LogP contribution in [-0.2, 0) is 24.3 Å². The molecule has 0 bridgehead atoms. The van der Waals surface area contributed by atoms with E-state index in [2.05, 4.69) is 4.98 Å². The Labute approximate surface area is 194 Å². The van der Waals surface area contributed by atoms with Crippen molar-refractivity contribution in [2.24, 2.45) is 0 Å². The Hall–Kier alpha value is -2.97. The van der Waals surface area contributed by atoms with E-state index in [1.807, 2.05) is 6.92 Å². The lowest BCUT2D eigenvalue weighted by Gasteiger charge is -2.24. The third-order valence-electron chi connectivity index (χ3n) is 5.04. The molecular formula is C22H24Cl2N4O4. The number of aryl methyl sites for hydroxylation is 1. The Morgan fingerprint density at radius 2 is 2.03 bits per heavy atom. The van der Waals surface area contributed by atoms with Gasteiger partial charge < -0.3 is 10.2 Å². The van der Waals surface area contributed by atoms with Gasteiger partial charge in [0.1, 0.15) is 11.6 Å². The van der Waals surface area contributed by atoms with E-state index in [-0.39, 0.29) is 30.4 Å². The number of carbonyl (C=O) groups is 1. The van der Waals surface area contributed by atoms with Gasteiger partial charge in [0.25, 0.3) is 5.56 Å². The zero-order chi connectivity index (χ0) is 23.3. The van der Waals surface area contributed by atoms with Gasteiger partial charge in [-0.25, -0.2) is 4.79 Å². The molecule has 2 heterocycles. The number of anilines is 2. The van der Waals surface area contributed by atoms with Gasteiger partial charge in [0.2, 0.25) is 5.91 Å². The summed E-state index contributed by atoms with van der Waals surface area (Å²) in [6.45, 7) is 2.29. The quantitative estimate of drug-likeness (QED) is 0.482. The van der Waals surface area contributed by atoms with Crippen molar-refractivity contribution in [1.29, 1.82) is 0 Å². The smallest absolute Gasteiger partial charge is 0.330 e. The first-order valence-corrected chi connectivity index (χ1v) is 11.0. The number of benzene rings is 1. The molecule has 170 valence electrons. The molecule has 0 aliphatic heterocycles. The van der Waals surface area contributed by atoms with Crippen LogP contribution in [0, 0.1) is 0 Å². The zero-order valence-electron chi connectivity index (χ0n) is 17.6. The van der Waals surface area contributed by atoms with Crippen molar-refractivity contribution in [3.05, 3.63) is 78.8 Å². The summed E-state index contributed by atoms with van der Waals surface area (Å²) < 4.78 is 6.65. The number of aromatic nitrogens is 2. The Kier molecular flexibility index (Phi) is 7.82. The normalized spacial score (nSPS) is 11.0. The second-order valence-corrected chi connectivity index (χ2v) is 8.14. The summed E-state index contributed by atoms with van der Waals surface area (Å²) in [4.78, 5) is 41.8. The lowest BCUT2D eigenvalue weighted by atomic mass is 10.1. The maximum absolute atomic E-state index is 13.3. The fraction of sp³-hybridized carbons (Fsp3) is 0.318. The van der Waals surface area contributed by atoms with Crippen molar-refractivity contribution in [3.8, 4) is 0 Å². The fourth-order valence-corrected chi connectivity index (χ4v) is 3.83. The van der Waals surface area contributed by atoms with Gasteiger partial charge in [-0.3, -0.25) is 24.0 Å². The van der Waals surface area contributed by atoms with Crippen LogP contribution in [-0.4, -0.2) is 15.5 Å². The number of rotatable bonds is 9. The third-order valence-corrected chi connectivity index (χ3v) is 5.62. The second-order valence-electron chi connectivity index (χ2n) is 7.29. The van der Waals surface area contributed by atoms with Gasteiger partial charge in [-0.2, -0.15) is 0 Å². The lowest BCUT2D eigenvalue weighted by Crippen LogP contribution is -2.41. The molecule has 3 rings (SSSR count). The molecule has 0 saturated carbocycles. The Bertz CT molecular complexity index is 1200. The number of carbonyl (C=O) groups excluding carboxylic acids is 1. The molecule has 3 N–H and O–H groups in total. The molecule has 0 saturated heterocycles. The summed E-state index contributed by atoms with van der Waals surface area (Å²) in [5.74, 6) is 0.0370. The first-order chi connectivity index (χ1) is 15.3. The van der Waals surface area contributed by atoms with Crippen LogP contribution in [0.3, 0.4) is 0 Å². The summed E-state index contributed by atoms with van der Waals surface area (Å²) >= 11 is 12.2. The molecule has 8 nitrogen and oxygen atoms in total. The van der Waals surface area contributed by atoms with Gasteiger partial charge in [0.15, 0.2) is 5.69 Å². The standard InChI is InChI=1S/C22H24Cl2N4O4/c1-2-3-10-27-20(25)19(21(30)26-22(27)31)28(13-16-5-4-11-32-16)18(29)9-7-14-6-8-15(23)12-17(14)24/h4-6,8,11-12H,2-3,7,9-10,13,25H2,1H3,(H,26,30,31). The molecule has 3 aromatic rings. The maximum atomic E-state index is 13.3. The number of nitrogen functional groups attached to an aromatic ring is 1. The molecule has 10 heteroatoms. The van der Waals surface area contributed by atoms with E-state index in [4.69, 9.17) is 33.4 Å². The van der Waals surface area contributed by atoms with Crippen molar-refractivity contribution in [2.75, 3.05) is 10.6 Å². The van der Waals surface area contributed by atoms with Crippen LogP contribution in [0.2, 0.25) is 10.0 Å². The van der Waals surface area contributed by atoms with Gasteiger partial charge in [-0.05, 0) is 42.7 Å². The molecule has 2 aromatic heterocycles. The number of hydrogen-bond acceptors (Lipinski definition) is 5. The second kappa shape index (κ2) is 10.6. The minimum atomic E-state index is -0.732. The summed E-state index contributed by atoms with van der Waals surface area (Å²) in [5, 5.41) is 0.950. The van der Waals surface area contributed by atoms with E-state index in [9.17, 15) is 14.4 Å². The van der Waals surface area contributed by atoms with Crippen LogP contribution >= 0.6 is 23.2 Å². The number of furan rings is 1. The highest BCUT2D eigenvalue weighted by Crippen LogP contribution is 2.25. The van der Waals surface area contributed by atoms with Crippen molar-refractivity contribution in [3.63, 3.8) is 0 Å². The number of unbranched alkanes of at least 4 members (excludes halogenated alkanes) is 1. The van der Waals surface area contributed by atoms with Crippen molar-refractivity contribution in [1.82, 2.24) is 9.55 Å². The van der Waals surface area contributed by atoms with Crippen molar-refractivity contribution < 1.29 is 9.21 Å². The summed E-state index contributed by atoms with van der Waals surface area (Å²) in [7, 11) is 0. The van der Waals surface area contributed by atoms with Gasteiger partial charge in [0.05, 0.1) is 12.8 Å². The minimum Gasteiger partial charge on any atom is -0.467 e. The molecule has 0 atom stereocenters. The predicted molar refractivity (Wildman–Crippen MR) is 125 cm³/mol. The predicted octanol–water partition coefficient (Wildman–Crippen LogP) is 3.98. The van der Waals surface area contributed by atoms with E-state index in [1.54, 1.807) is 30.3 Å². The SMILES string of the molecule is CCCCn1c(N)c(N(Cc2ccco2)C(=O)CCc2ccc(Cl)cc2Cl)c(=O)[nH]c1=O. The van der Waals surface area contributed by atoms with Gasteiger partial charge in [-0.1, -0.05) is 42.6 Å². The third kappa shape index (κ3) is 5.44. The van der Waals surface area contributed by atoms with Crippen molar-refractivity contribution >= 4 is 40.6 Å². The van der Waals surface area contributed by atoms with Crippen molar-refractivity contribution in [2.45, 2.75) is 45.7 Å². The van der Waals surface area contributed by atoms with Gasteiger partial charge in [0, 0.05) is 23.0 Å². The van der Waals surface area contributed by atoms with E-state index in [1.165, 1.54) is 15.7 Å². The monoisotopic (exact) mass is 478 g/mol. The first-order valence-electron chi connectivity index (χ1n) is 10.2. The lowest BCUT2D eigenvalue weighted by molar-refractivity contribution is -0.118. The number of amides is 1. The van der Waals surface area contributed by atoms with E-state index in [0.717, 1.165) is 12.0 Å². The Morgan fingerprint density at radius 1 is 1.25 bits per heavy atom. The number of halogens is 2.